The third kappa shape index (κ3) is 4.23. The van der Waals surface area contributed by atoms with Gasteiger partial charge in [0, 0.05) is 18.2 Å². The van der Waals surface area contributed by atoms with E-state index in [9.17, 15) is 9.18 Å². The molecular weight excluding hydrogens is 323 g/mol. The minimum Gasteiger partial charge on any atom is -0.497 e. The van der Waals surface area contributed by atoms with Crippen molar-refractivity contribution in [2.45, 2.75) is 6.42 Å². The molecule has 1 N–H and O–H groups in total. The van der Waals surface area contributed by atoms with Crippen LogP contribution in [0, 0.1) is 5.82 Å². The van der Waals surface area contributed by atoms with E-state index in [0.717, 1.165) is 11.3 Å². The zero-order chi connectivity index (χ0) is 17.6. The average Bonchev–Trinajstić information content (AvgIpc) is 3.13. The van der Waals surface area contributed by atoms with E-state index >= 15 is 0 Å². The van der Waals surface area contributed by atoms with Crippen LogP contribution in [0.15, 0.2) is 59.1 Å². The number of hydrogen-bond donors (Lipinski definition) is 1. The number of carbonyl (C=O) groups is 1. The van der Waals surface area contributed by atoms with Gasteiger partial charge < -0.3 is 14.6 Å². The summed E-state index contributed by atoms with van der Waals surface area (Å²) in [4.78, 5) is 12.1. The molecule has 0 aliphatic heterocycles. The molecule has 0 unspecified atom stereocenters. The summed E-state index contributed by atoms with van der Waals surface area (Å²) in [5.74, 6) is 0.564. The van der Waals surface area contributed by atoms with Gasteiger partial charge in [-0.05, 0) is 48.4 Å². The van der Waals surface area contributed by atoms with E-state index in [0.29, 0.717) is 24.3 Å². The van der Waals surface area contributed by atoms with E-state index < -0.39 is 0 Å². The lowest BCUT2D eigenvalue weighted by molar-refractivity contribution is 0.0945. The average molecular weight is 340 g/mol. The van der Waals surface area contributed by atoms with Gasteiger partial charge in [-0.25, -0.2) is 4.39 Å². The largest absolute Gasteiger partial charge is 0.497 e. The third-order valence-electron chi connectivity index (χ3n) is 3.73. The predicted molar refractivity (Wildman–Crippen MR) is 90.9 cm³/mol. The molecule has 25 heavy (non-hydrogen) atoms. The highest BCUT2D eigenvalue weighted by Gasteiger charge is 2.13. The first-order chi connectivity index (χ1) is 12.2. The predicted octanol–water partition coefficient (Wildman–Crippen LogP) is 3.46. The Labute approximate surface area is 144 Å². The molecule has 0 aliphatic rings. The summed E-state index contributed by atoms with van der Waals surface area (Å²) >= 11 is 0. The van der Waals surface area contributed by atoms with Gasteiger partial charge in [0.2, 0.25) is 0 Å². The second kappa shape index (κ2) is 7.61. The van der Waals surface area contributed by atoms with Crippen LogP contribution in [0.4, 0.5) is 4.39 Å². The Morgan fingerprint density at radius 1 is 1.16 bits per heavy atom. The fourth-order valence-corrected chi connectivity index (χ4v) is 2.34. The number of carbonyl (C=O) groups excluding carboxylic acids is 1. The molecule has 0 fully saturated rings. The van der Waals surface area contributed by atoms with Gasteiger partial charge in [0.25, 0.3) is 5.91 Å². The fourth-order valence-electron chi connectivity index (χ4n) is 2.34. The summed E-state index contributed by atoms with van der Waals surface area (Å²) in [6.07, 6.45) is 0.693. The maximum atomic E-state index is 12.9. The van der Waals surface area contributed by atoms with Gasteiger partial charge in [0.05, 0.1) is 7.11 Å². The second-order valence-electron chi connectivity index (χ2n) is 5.44. The van der Waals surface area contributed by atoms with Crippen LogP contribution < -0.4 is 10.1 Å². The number of methoxy groups -OCH3 is 1. The number of halogens is 1. The van der Waals surface area contributed by atoms with Crippen LogP contribution in [-0.2, 0) is 6.42 Å². The third-order valence-corrected chi connectivity index (χ3v) is 3.73. The molecule has 2 aromatic carbocycles. The quantitative estimate of drug-likeness (QED) is 0.746. The highest BCUT2D eigenvalue weighted by Crippen LogP contribution is 2.20. The Bertz CT molecular complexity index is 842. The van der Waals surface area contributed by atoms with Crippen molar-refractivity contribution in [1.82, 2.24) is 10.5 Å². The Morgan fingerprint density at radius 2 is 1.88 bits per heavy atom. The Hall–Kier alpha value is -3.15. The van der Waals surface area contributed by atoms with Crippen molar-refractivity contribution in [2.24, 2.45) is 0 Å². The van der Waals surface area contributed by atoms with Crippen LogP contribution >= 0.6 is 0 Å². The van der Waals surface area contributed by atoms with Gasteiger partial charge in [0.1, 0.15) is 11.6 Å². The fraction of sp³-hybridized carbons (Fsp3) is 0.158. The van der Waals surface area contributed by atoms with Crippen LogP contribution in [0.1, 0.15) is 16.1 Å². The molecule has 128 valence electrons. The molecule has 5 nitrogen and oxygen atoms in total. The van der Waals surface area contributed by atoms with E-state index in [1.54, 1.807) is 19.2 Å². The van der Waals surface area contributed by atoms with Crippen molar-refractivity contribution >= 4 is 5.91 Å². The molecule has 1 heterocycles. The molecule has 6 heteroatoms. The molecule has 0 radical (unpaired) electrons. The highest BCUT2D eigenvalue weighted by molar-refractivity contribution is 5.93. The smallest absolute Gasteiger partial charge is 0.273 e. The molecule has 1 amide bonds. The summed E-state index contributed by atoms with van der Waals surface area (Å²) in [5, 5.41) is 6.56. The number of rotatable bonds is 6. The lowest BCUT2D eigenvalue weighted by Gasteiger charge is -2.04. The number of amides is 1. The second-order valence-corrected chi connectivity index (χ2v) is 5.44. The first kappa shape index (κ1) is 16.7. The molecule has 0 aliphatic carbocycles. The number of benzene rings is 2. The monoisotopic (exact) mass is 340 g/mol. The van der Waals surface area contributed by atoms with E-state index in [1.807, 2.05) is 24.3 Å². The molecule has 1 aromatic heterocycles. The summed E-state index contributed by atoms with van der Waals surface area (Å²) in [6.45, 7) is 0.476. The topological polar surface area (TPSA) is 64.4 Å². The van der Waals surface area contributed by atoms with E-state index in [1.165, 1.54) is 18.2 Å². The zero-order valence-corrected chi connectivity index (χ0v) is 13.7. The summed E-state index contributed by atoms with van der Waals surface area (Å²) < 4.78 is 23.2. The zero-order valence-electron chi connectivity index (χ0n) is 13.7. The Morgan fingerprint density at radius 3 is 2.56 bits per heavy atom. The van der Waals surface area contributed by atoms with Gasteiger partial charge >= 0.3 is 0 Å². The first-order valence-corrected chi connectivity index (χ1v) is 7.79. The van der Waals surface area contributed by atoms with E-state index in [-0.39, 0.29) is 17.4 Å². The first-order valence-electron chi connectivity index (χ1n) is 7.79. The standard InChI is InChI=1S/C19H17FN2O3/c1-24-16-8-2-13(3-9-16)10-11-21-19(23)17-12-18(25-22-17)14-4-6-15(20)7-5-14/h2-9,12H,10-11H2,1H3,(H,21,23). The van der Waals surface area contributed by atoms with Crippen LogP contribution in [0.2, 0.25) is 0 Å². The van der Waals surface area contributed by atoms with Crippen molar-refractivity contribution in [3.05, 3.63) is 71.7 Å². The molecular formula is C19H17FN2O3. The van der Waals surface area contributed by atoms with Gasteiger partial charge in [-0.15, -0.1) is 0 Å². The van der Waals surface area contributed by atoms with Crippen molar-refractivity contribution in [3.8, 4) is 17.1 Å². The Kier molecular flexibility index (Phi) is 5.09. The molecule has 3 rings (SSSR count). The van der Waals surface area contributed by atoms with Gasteiger partial charge in [0.15, 0.2) is 11.5 Å². The normalized spacial score (nSPS) is 10.5. The lowest BCUT2D eigenvalue weighted by atomic mass is 10.1. The highest BCUT2D eigenvalue weighted by atomic mass is 19.1. The molecule has 0 bridgehead atoms. The van der Waals surface area contributed by atoms with E-state index in [4.69, 9.17) is 9.26 Å². The maximum Gasteiger partial charge on any atom is 0.273 e. The number of ether oxygens (including phenoxy) is 1. The Balaban J connectivity index is 1.55. The maximum absolute atomic E-state index is 12.9. The SMILES string of the molecule is COc1ccc(CCNC(=O)c2cc(-c3ccc(F)cc3)on2)cc1. The number of nitrogens with zero attached hydrogens (tertiary/aromatic N) is 1. The van der Waals surface area contributed by atoms with Crippen LogP contribution in [-0.4, -0.2) is 24.7 Å². The summed E-state index contributed by atoms with van der Waals surface area (Å²) in [5.41, 5.74) is 1.94. The summed E-state index contributed by atoms with van der Waals surface area (Å²) in [7, 11) is 1.62. The van der Waals surface area contributed by atoms with Crippen molar-refractivity contribution in [1.29, 1.82) is 0 Å². The molecule has 0 saturated heterocycles. The van der Waals surface area contributed by atoms with Crippen LogP contribution in [0.3, 0.4) is 0 Å². The van der Waals surface area contributed by atoms with Gasteiger partial charge in [-0.1, -0.05) is 17.3 Å². The van der Waals surface area contributed by atoms with Gasteiger partial charge in [-0.3, -0.25) is 4.79 Å². The molecule has 0 atom stereocenters. The van der Waals surface area contributed by atoms with Crippen molar-refractivity contribution < 1.29 is 18.4 Å². The number of hydrogen-bond acceptors (Lipinski definition) is 4. The van der Waals surface area contributed by atoms with Crippen molar-refractivity contribution in [2.75, 3.05) is 13.7 Å². The minimum atomic E-state index is -0.334. The number of nitrogens with one attached hydrogen (secondary N) is 1. The minimum absolute atomic E-state index is 0.189. The van der Waals surface area contributed by atoms with Crippen LogP contribution in [0.25, 0.3) is 11.3 Å². The van der Waals surface area contributed by atoms with E-state index in [2.05, 4.69) is 10.5 Å². The van der Waals surface area contributed by atoms with Crippen LogP contribution in [0.5, 0.6) is 5.75 Å². The van der Waals surface area contributed by atoms with Gasteiger partial charge in [-0.2, -0.15) is 0 Å². The lowest BCUT2D eigenvalue weighted by Crippen LogP contribution is -2.25. The van der Waals surface area contributed by atoms with Crippen molar-refractivity contribution in [3.63, 3.8) is 0 Å². The molecule has 0 saturated carbocycles. The summed E-state index contributed by atoms with van der Waals surface area (Å²) in [6, 6.07) is 15.0. The molecule has 3 aromatic rings. The number of aromatic nitrogens is 1. The molecule has 0 spiro atoms.